The summed E-state index contributed by atoms with van der Waals surface area (Å²) in [4.78, 5) is 9.83. The van der Waals surface area contributed by atoms with Crippen LogP contribution in [0.5, 0.6) is 0 Å². The Hall–Kier alpha value is -2.09. The quantitative estimate of drug-likeness (QED) is 0.911. The van der Waals surface area contributed by atoms with Gasteiger partial charge in [-0.05, 0) is 23.3 Å². The molecule has 1 heterocycles. The topological polar surface area (TPSA) is 71.4 Å². The molecule has 1 aliphatic heterocycles. The Kier molecular flexibility index (Phi) is 3.21. The van der Waals surface area contributed by atoms with Gasteiger partial charge < -0.3 is 5.11 Å². The zero-order valence-corrected chi connectivity index (χ0v) is 10.5. The van der Waals surface area contributed by atoms with Gasteiger partial charge in [0.05, 0.1) is 5.56 Å². The van der Waals surface area contributed by atoms with Crippen molar-refractivity contribution in [3.8, 4) is 0 Å². The number of alkyl halides is 3. The van der Waals surface area contributed by atoms with Crippen LogP contribution in [0, 0.1) is 0 Å². The molecule has 0 amide bonds. The number of aliphatic carboxylic acids is 1. The second-order valence-corrected chi connectivity index (χ2v) is 5.74. The van der Waals surface area contributed by atoms with E-state index in [0.29, 0.717) is 5.41 Å². The van der Waals surface area contributed by atoms with Crippen LogP contribution in [0.25, 0.3) is 5.57 Å². The maximum absolute atomic E-state index is 12.8. The fourth-order valence-corrected chi connectivity index (χ4v) is 2.99. The molecule has 106 valence electrons. The highest BCUT2D eigenvalue weighted by Gasteiger charge is 2.36. The summed E-state index contributed by atoms with van der Waals surface area (Å²) >= 11 is 0. The first-order chi connectivity index (χ1) is 9.13. The first-order valence-corrected chi connectivity index (χ1v) is 6.76. The zero-order chi connectivity index (χ0) is 15.1. The maximum Gasteiger partial charge on any atom is 0.417 e. The van der Waals surface area contributed by atoms with E-state index in [2.05, 4.69) is 0 Å². The van der Waals surface area contributed by atoms with Crippen molar-refractivity contribution in [1.29, 1.82) is 0 Å². The fourth-order valence-electron chi connectivity index (χ4n) is 1.79. The van der Waals surface area contributed by atoms with Crippen LogP contribution >= 0.6 is 0 Å². The average Bonchev–Trinajstić information content (AvgIpc) is 2.64. The molecule has 4 nitrogen and oxygen atoms in total. The normalized spacial score (nSPS) is 17.6. The van der Waals surface area contributed by atoms with Crippen molar-refractivity contribution in [2.24, 2.45) is 0 Å². The monoisotopic (exact) mass is 304 g/mol. The lowest BCUT2D eigenvalue weighted by Crippen LogP contribution is -2.08. The summed E-state index contributed by atoms with van der Waals surface area (Å²) in [6, 6.07) is 4.36. The Morgan fingerprint density at radius 1 is 1.15 bits per heavy atom. The third-order valence-corrected chi connectivity index (χ3v) is 4.10. The van der Waals surface area contributed by atoms with Gasteiger partial charge in [0.1, 0.15) is 0 Å². The third kappa shape index (κ3) is 2.46. The molecule has 0 spiro atoms. The van der Waals surface area contributed by atoms with Gasteiger partial charge in [-0.15, -0.1) is 0 Å². The number of allylic oxidation sites excluding steroid dienone is 2. The lowest BCUT2D eigenvalue weighted by atomic mass is 10.00. The molecule has 0 unspecified atom stereocenters. The fraction of sp³-hybridized carbons (Fsp3) is 0.0833. The van der Waals surface area contributed by atoms with Crippen LogP contribution in [-0.4, -0.2) is 19.5 Å². The van der Waals surface area contributed by atoms with E-state index in [1.807, 2.05) is 0 Å². The van der Waals surface area contributed by atoms with Gasteiger partial charge in [0.2, 0.25) is 9.84 Å². The van der Waals surface area contributed by atoms with E-state index in [9.17, 15) is 26.4 Å². The summed E-state index contributed by atoms with van der Waals surface area (Å²) in [5.74, 6) is -1.71. The highest BCUT2D eigenvalue weighted by molar-refractivity contribution is 7.99. The van der Waals surface area contributed by atoms with Gasteiger partial charge in [0, 0.05) is 5.41 Å². The van der Waals surface area contributed by atoms with Crippen LogP contribution in [0.2, 0.25) is 0 Å². The van der Waals surface area contributed by atoms with E-state index < -0.39 is 32.5 Å². The first kappa shape index (κ1) is 14.3. The van der Waals surface area contributed by atoms with Crippen molar-refractivity contribution in [1.82, 2.24) is 0 Å². The predicted molar refractivity (Wildman–Crippen MR) is 64.1 cm³/mol. The second-order valence-electron chi connectivity index (χ2n) is 3.98. The molecular formula is C12H7F3O4S. The predicted octanol–water partition coefficient (Wildman–Crippen LogP) is 2.44. The smallest absolute Gasteiger partial charge is 0.417 e. The van der Waals surface area contributed by atoms with Crippen LogP contribution in [0.1, 0.15) is 11.1 Å². The Morgan fingerprint density at radius 3 is 2.25 bits per heavy atom. The summed E-state index contributed by atoms with van der Waals surface area (Å²) in [6.07, 6.45) is -3.94. The molecule has 0 saturated carbocycles. The summed E-state index contributed by atoms with van der Waals surface area (Å²) in [6.45, 7) is 0. The molecule has 1 N–H and O–H groups in total. The minimum atomic E-state index is -4.67. The Bertz CT molecular complexity index is 742. The number of carboxylic acid groups (broad SMARTS) is 1. The van der Waals surface area contributed by atoms with Crippen molar-refractivity contribution in [2.45, 2.75) is 6.18 Å². The molecule has 20 heavy (non-hydrogen) atoms. The summed E-state index contributed by atoms with van der Waals surface area (Å²) in [5.41, 5.74) is -1.69. The number of hydrogen-bond acceptors (Lipinski definition) is 3. The second kappa shape index (κ2) is 4.48. The number of halogens is 3. The van der Waals surface area contributed by atoms with E-state index >= 15 is 0 Å². The standard InChI is InChI=1S/C12H7F3O4S/c13-12(14,15)9-4-2-1-3-8(9)7-5-10(11(16)17)20(18,19)6-7/h1-6H,(H,16,17). The van der Waals surface area contributed by atoms with Crippen molar-refractivity contribution >= 4 is 21.4 Å². The molecule has 1 aliphatic rings. The zero-order valence-electron chi connectivity index (χ0n) is 9.68. The van der Waals surface area contributed by atoms with Gasteiger partial charge in [-0.25, -0.2) is 13.2 Å². The number of benzene rings is 1. The summed E-state index contributed by atoms with van der Waals surface area (Å²) in [7, 11) is -4.21. The molecule has 0 aliphatic carbocycles. The van der Waals surface area contributed by atoms with Crippen LogP contribution < -0.4 is 0 Å². The molecule has 1 aromatic rings. The van der Waals surface area contributed by atoms with E-state index in [0.717, 1.165) is 24.3 Å². The maximum atomic E-state index is 12.8. The lowest BCUT2D eigenvalue weighted by Gasteiger charge is -2.11. The summed E-state index contributed by atoms with van der Waals surface area (Å²) in [5, 5.41) is 9.27. The van der Waals surface area contributed by atoms with Gasteiger partial charge in [-0.1, -0.05) is 18.2 Å². The Balaban J connectivity index is 2.64. The van der Waals surface area contributed by atoms with E-state index in [1.165, 1.54) is 6.07 Å². The van der Waals surface area contributed by atoms with E-state index in [-0.39, 0.29) is 11.1 Å². The molecule has 0 bridgehead atoms. The molecule has 0 atom stereocenters. The van der Waals surface area contributed by atoms with Crippen LogP contribution in [0.4, 0.5) is 13.2 Å². The minimum absolute atomic E-state index is 0.296. The minimum Gasteiger partial charge on any atom is -0.477 e. The first-order valence-electron chi connectivity index (χ1n) is 5.21. The third-order valence-electron chi connectivity index (χ3n) is 2.63. The number of carboxylic acids is 1. The van der Waals surface area contributed by atoms with Crippen LogP contribution in [-0.2, 0) is 20.8 Å². The molecule has 0 fully saturated rings. The molecule has 1 aromatic carbocycles. The molecule has 0 aromatic heterocycles. The Morgan fingerprint density at radius 2 is 1.75 bits per heavy atom. The van der Waals surface area contributed by atoms with Gasteiger partial charge >= 0.3 is 12.1 Å². The number of rotatable bonds is 2. The molecule has 8 heteroatoms. The number of hydrogen-bond donors (Lipinski definition) is 1. The highest BCUT2D eigenvalue weighted by atomic mass is 32.2. The van der Waals surface area contributed by atoms with Crippen LogP contribution in [0.3, 0.4) is 0 Å². The SMILES string of the molecule is O=C(O)C1=CC(c2ccccc2C(F)(F)F)=CS1(=O)=O. The molecule has 0 radical (unpaired) electrons. The highest BCUT2D eigenvalue weighted by Crippen LogP contribution is 2.38. The van der Waals surface area contributed by atoms with Crippen molar-refractivity contribution in [3.05, 3.63) is 51.8 Å². The van der Waals surface area contributed by atoms with Crippen molar-refractivity contribution in [3.63, 3.8) is 0 Å². The van der Waals surface area contributed by atoms with Gasteiger partial charge in [-0.3, -0.25) is 0 Å². The van der Waals surface area contributed by atoms with Gasteiger partial charge in [0.15, 0.2) is 4.91 Å². The Labute approximate surface area is 111 Å². The molecule has 2 rings (SSSR count). The van der Waals surface area contributed by atoms with Crippen molar-refractivity contribution < 1.29 is 31.5 Å². The lowest BCUT2D eigenvalue weighted by molar-refractivity contribution is -0.137. The van der Waals surface area contributed by atoms with Crippen molar-refractivity contribution in [2.75, 3.05) is 0 Å². The molecular weight excluding hydrogens is 297 g/mol. The number of carbonyl (C=O) groups is 1. The molecule has 0 saturated heterocycles. The van der Waals surface area contributed by atoms with Gasteiger partial charge in [-0.2, -0.15) is 13.2 Å². The van der Waals surface area contributed by atoms with E-state index in [1.54, 1.807) is 0 Å². The number of sulfone groups is 1. The average molecular weight is 304 g/mol. The van der Waals surface area contributed by atoms with Gasteiger partial charge in [0.25, 0.3) is 0 Å². The largest absolute Gasteiger partial charge is 0.477 e. The summed E-state index contributed by atoms with van der Waals surface area (Å²) < 4.78 is 61.6. The van der Waals surface area contributed by atoms with E-state index in [4.69, 9.17) is 5.11 Å². The van der Waals surface area contributed by atoms with Crippen LogP contribution in [0.15, 0.2) is 40.7 Å².